The summed E-state index contributed by atoms with van der Waals surface area (Å²) in [5, 5.41) is 3.03. The zero-order valence-electron chi connectivity index (χ0n) is 16.1. The van der Waals surface area contributed by atoms with E-state index in [0.29, 0.717) is 11.7 Å². The smallest absolute Gasteiger partial charge is 0.361 e. The highest BCUT2D eigenvalue weighted by molar-refractivity contribution is 5.88. The first-order valence-electron chi connectivity index (χ1n) is 9.11. The fourth-order valence-electron chi connectivity index (χ4n) is 2.70. The van der Waals surface area contributed by atoms with E-state index in [1.54, 1.807) is 6.92 Å². The summed E-state index contributed by atoms with van der Waals surface area (Å²) in [7, 11) is 0. The van der Waals surface area contributed by atoms with Crippen molar-refractivity contribution in [1.82, 2.24) is 19.9 Å². The molecule has 0 aliphatic rings. The Morgan fingerprint density at radius 1 is 1.00 bits per heavy atom. The molecular formula is C21H18N6O3. The second-order valence-corrected chi connectivity index (χ2v) is 6.29. The van der Waals surface area contributed by atoms with E-state index < -0.39 is 5.97 Å². The van der Waals surface area contributed by atoms with Crippen molar-refractivity contribution in [3.8, 4) is 11.5 Å². The Bertz CT molecular complexity index is 1160. The fourth-order valence-corrected chi connectivity index (χ4v) is 2.70. The Kier molecular flexibility index (Phi) is 5.33. The summed E-state index contributed by atoms with van der Waals surface area (Å²) in [6.07, 6.45) is 0. The van der Waals surface area contributed by atoms with Gasteiger partial charge in [-0.3, -0.25) is 0 Å². The maximum atomic E-state index is 12.5. The summed E-state index contributed by atoms with van der Waals surface area (Å²) in [5.41, 5.74) is 7.40. The number of nitrogens with one attached hydrogen (secondary N) is 1. The van der Waals surface area contributed by atoms with Crippen LogP contribution < -0.4 is 11.1 Å². The van der Waals surface area contributed by atoms with Crippen LogP contribution >= 0.6 is 0 Å². The SMILES string of the molecule is Cc1oc(-c2ccccc2)nc1C(=O)OCc1nc(N)nc(Nc2ccccc2)n1. The van der Waals surface area contributed by atoms with Crippen molar-refractivity contribution in [2.24, 2.45) is 0 Å². The summed E-state index contributed by atoms with van der Waals surface area (Å²) in [6.45, 7) is 1.46. The van der Waals surface area contributed by atoms with Gasteiger partial charge in [0.15, 0.2) is 18.1 Å². The molecule has 0 amide bonds. The minimum absolute atomic E-state index is 0.0125. The molecule has 2 heterocycles. The van der Waals surface area contributed by atoms with E-state index in [4.69, 9.17) is 14.9 Å². The van der Waals surface area contributed by atoms with Crippen LogP contribution in [0.15, 0.2) is 65.1 Å². The Morgan fingerprint density at radius 3 is 2.43 bits per heavy atom. The van der Waals surface area contributed by atoms with Crippen LogP contribution in [0.2, 0.25) is 0 Å². The van der Waals surface area contributed by atoms with Gasteiger partial charge < -0.3 is 20.2 Å². The molecule has 0 atom stereocenters. The monoisotopic (exact) mass is 402 g/mol. The van der Waals surface area contributed by atoms with E-state index in [-0.39, 0.29) is 30.0 Å². The van der Waals surface area contributed by atoms with Crippen molar-refractivity contribution in [1.29, 1.82) is 0 Å². The molecule has 4 rings (SSSR count). The van der Waals surface area contributed by atoms with Gasteiger partial charge in [-0.05, 0) is 31.2 Å². The molecule has 2 aromatic heterocycles. The average Bonchev–Trinajstić information content (AvgIpc) is 3.15. The molecule has 0 spiro atoms. The highest BCUT2D eigenvalue weighted by atomic mass is 16.5. The maximum absolute atomic E-state index is 12.5. The van der Waals surface area contributed by atoms with Crippen LogP contribution in [0.1, 0.15) is 22.1 Å². The number of benzene rings is 2. The molecule has 2 aromatic carbocycles. The first-order valence-corrected chi connectivity index (χ1v) is 9.11. The number of ether oxygens (including phenoxy) is 1. The fraction of sp³-hybridized carbons (Fsp3) is 0.0952. The number of nitrogens with two attached hydrogens (primary N) is 1. The van der Waals surface area contributed by atoms with Crippen molar-refractivity contribution < 1.29 is 13.9 Å². The lowest BCUT2D eigenvalue weighted by atomic mass is 10.2. The number of nitrogen functional groups attached to an aromatic ring is 1. The van der Waals surface area contributed by atoms with E-state index in [2.05, 4.69) is 25.3 Å². The standard InChI is InChI=1S/C21H18N6O3/c1-13-17(26-18(30-13)14-8-4-2-5-9-14)19(28)29-12-16-24-20(22)27-21(25-16)23-15-10-6-3-7-11-15/h2-11H,12H2,1H3,(H3,22,23,24,25,27). The minimum atomic E-state index is -0.644. The molecular weight excluding hydrogens is 384 g/mol. The van der Waals surface area contributed by atoms with Gasteiger partial charge in [0.2, 0.25) is 17.8 Å². The quantitative estimate of drug-likeness (QED) is 0.465. The summed E-state index contributed by atoms with van der Waals surface area (Å²) in [6, 6.07) is 18.7. The molecule has 0 aliphatic carbocycles. The van der Waals surface area contributed by atoms with Crippen LogP contribution in [0, 0.1) is 6.92 Å². The highest BCUT2D eigenvalue weighted by Gasteiger charge is 2.20. The van der Waals surface area contributed by atoms with Crippen LogP contribution in [0.25, 0.3) is 11.5 Å². The molecule has 4 aromatic rings. The molecule has 0 fully saturated rings. The molecule has 0 bridgehead atoms. The second kappa shape index (κ2) is 8.39. The number of aromatic nitrogens is 4. The molecule has 9 heteroatoms. The van der Waals surface area contributed by atoms with Gasteiger partial charge in [-0.25, -0.2) is 9.78 Å². The van der Waals surface area contributed by atoms with Crippen molar-refractivity contribution in [2.75, 3.05) is 11.1 Å². The number of carbonyl (C=O) groups excluding carboxylic acids is 1. The van der Waals surface area contributed by atoms with Gasteiger partial charge in [0.05, 0.1) is 0 Å². The number of aryl methyl sites for hydroxylation is 1. The Labute approximate surface area is 172 Å². The van der Waals surface area contributed by atoms with Crippen molar-refractivity contribution >= 4 is 23.6 Å². The summed E-state index contributed by atoms with van der Waals surface area (Å²) < 4.78 is 10.9. The van der Waals surface area contributed by atoms with Crippen LogP contribution in [0.3, 0.4) is 0 Å². The Morgan fingerprint density at radius 2 is 1.70 bits per heavy atom. The summed E-state index contributed by atoms with van der Waals surface area (Å²) >= 11 is 0. The molecule has 0 saturated carbocycles. The third kappa shape index (κ3) is 4.41. The minimum Gasteiger partial charge on any atom is -0.453 e. The van der Waals surface area contributed by atoms with Gasteiger partial charge in [-0.15, -0.1) is 0 Å². The Hall–Kier alpha value is -4.27. The van der Waals surface area contributed by atoms with Crippen LogP contribution in [-0.2, 0) is 11.3 Å². The number of hydrogen-bond donors (Lipinski definition) is 2. The number of rotatable bonds is 6. The van der Waals surface area contributed by atoms with Crippen molar-refractivity contribution in [3.63, 3.8) is 0 Å². The lowest BCUT2D eigenvalue weighted by Gasteiger charge is -2.07. The molecule has 150 valence electrons. The highest BCUT2D eigenvalue weighted by Crippen LogP contribution is 2.22. The summed E-state index contributed by atoms with van der Waals surface area (Å²) in [4.78, 5) is 29.0. The Balaban J connectivity index is 1.46. The third-order valence-electron chi connectivity index (χ3n) is 4.07. The van der Waals surface area contributed by atoms with E-state index >= 15 is 0 Å². The molecule has 0 unspecified atom stereocenters. The van der Waals surface area contributed by atoms with Gasteiger partial charge in [0, 0.05) is 11.3 Å². The third-order valence-corrected chi connectivity index (χ3v) is 4.07. The summed E-state index contributed by atoms with van der Waals surface area (Å²) in [5.74, 6) is 0.537. The largest absolute Gasteiger partial charge is 0.453 e. The van der Waals surface area contributed by atoms with Gasteiger partial charge in [-0.1, -0.05) is 36.4 Å². The molecule has 0 saturated heterocycles. The first-order chi connectivity index (χ1) is 14.6. The van der Waals surface area contributed by atoms with Crippen molar-refractivity contribution in [3.05, 3.63) is 77.9 Å². The number of para-hydroxylation sites is 1. The number of nitrogens with zero attached hydrogens (tertiary/aromatic N) is 4. The topological polar surface area (TPSA) is 129 Å². The second-order valence-electron chi connectivity index (χ2n) is 6.29. The number of esters is 1. The predicted molar refractivity (Wildman–Crippen MR) is 110 cm³/mol. The van der Waals surface area contributed by atoms with Crippen LogP contribution in [0.4, 0.5) is 17.6 Å². The lowest BCUT2D eigenvalue weighted by Crippen LogP contribution is -2.12. The zero-order valence-corrected chi connectivity index (χ0v) is 16.1. The van der Waals surface area contributed by atoms with Gasteiger partial charge >= 0.3 is 5.97 Å². The lowest BCUT2D eigenvalue weighted by molar-refractivity contribution is 0.0454. The van der Waals surface area contributed by atoms with Gasteiger partial charge in [-0.2, -0.15) is 15.0 Å². The van der Waals surface area contributed by atoms with E-state index in [9.17, 15) is 4.79 Å². The van der Waals surface area contributed by atoms with Crippen molar-refractivity contribution in [2.45, 2.75) is 13.5 Å². The van der Waals surface area contributed by atoms with E-state index in [1.807, 2.05) is 60.7 Å². The van der Waals surface area contributed by atoms with Gasteiger partial charge in [0.1, 0.15) is 5.76 Å². The number of anilines is 3. The number of hydrogen-bond acceptors (Lipinski definition) is 9. The van der Waals surface area contributed by atoms with E-state index in [0.717, 1.165) is 11.3 Å². The normalized spacial score (nSPS) is 10.6. The molecule has 0 aliphatic heterocycles. The maximum Gasteiger partial charge on any atom is 0.361 e. The van der Waals surface area contributed by atoms with E-state index in [1.165, 1.54) is 0 Å². The first kappa shape index (κ1) is 19.1. The number of carbonyl (C=O) groups is 1. The predicted octanol–water partition coefficient (Wildman–Crippen LogP) is 3.52. The number of oxazole rings is 1. The molecule has 3 N–H and O–H groups in total. The molecule has 9 nitrogen and oxygen atoms in total. The molecule has 30 heavy (non-hydrogen) atoms. The van der Waals surface area contributed by atoms with Crippen LogP contribution in [0.5, 0.6) is 0 Å². The van der Waals surface area contributed by atoms with Crippen LogP contribution in [-0.4, -0.2) is 25.9 Å². The van der Waals surface area contributed by atoms with Gasteiger partial charge in [0.25, 0.3) is 0 Å². The molecule has 0 radical (unpaired) electrons. The zero-order chi connectivity index (χ0) is 20.9. The average molecular weight is 402 g/mol.